The van der Waals surface area contributed by atoms with E-state index in [-0.39, 0.29) is 0 Å². The van der Waals surface area contributed by atoms with Crippen molar-refractivity contribution in [3.8, 4) is 33.9 Å². The number of rotatable bonds is 1. The Balaban J connectivity index is 1.69. The van der Waals surface area contributed by atoms with E-state index in [9.17, 15) is 0 Å². The molecule has 4 aromatic carbocycles. The van der Waals surface area contributed by atoms with Gasteiger partial charge >= 0.3 is 0 Å². The Kier molecular flexibility index (Phi) is 2.91. The van der Waals surface area contributed by atoms with Crippen molar-refractivity contribution in [2.75, 3.05) is 0 Å². The summed E-state index contributed by atoms with van der Waals surface area (Å²) in [6.07, 6.45) is 1.89. The average molecular weight is 345 g/mol. The minimum Gasteiger partial charge on any atom is -0.455 e. The largest absolute Gasteiger partial charge is 0.455 e. The SMILES string of the molecule is c1ccc(-c2cc3c4c(nccc4c2)-c2ccc4ccccc4c2O3)cc1. The van der Waals surface area contributed by atoms with Gasteiger partial charge in [0.25, 0.3) is 0 Å². The summed E-state index contributed by atoms with van der Waals surface area (Å²) in [5.74, 6) is 1.77. The molecule has 5 aromatic rings. The summed E-state index contributed by atoms with van der Waals surface area (Å²) in [6.45, 7) is 0. The average Bonchev–Trinajstić information content (AvgIpc) is 2.74. The molecular weight excluding hydrogens is 330 g/mol. The molecular formula is C25H15NO. The molecule has 1 aromatic heterocycles. The number of pyridine rings is 1. The normalized spacial score (nSPS) is 12.0. The van der Waals surface area contributed by atoms with Crippen molar-refractivity contribution < 1.29 is 4.74 Å². The van der Waals surface area contributed by atoms with Gasteiger partial charge in [-0.15, -0.1) is 0 Å². The summed E-state index contributed by atoms with van der Waals surface area (Å²) in [5, 5.41) is 4.52. The lowest BCUT2D eigenvalue weighted by Crippen LogP contribution is -2.00. The summed E-state index contributed by atoms with van der Waals surface area (Å²) in [5.41, 5.74) is 4.38. The Hall–Kier alpha value is -3.65. The van der Waals surface area contributed by atoms with Crippen LogP contribution in [0.4, 0.5) is 0 Å². The summed E-state index contributed by atoms with van der Waals surface area (Å²) in [6, 6.07) is 29.4. The molecule has 0 saturated carbocycles. The van der Waals surface area contributed by atoms with Gasteiger partial charge in [-0.3, -0.25) is 4.98 Å². The van der Waals surface area contributed by atoms with Gasteiger partial charge in [-0.05, 0) is 46.2 Å². The fraction of sp³-hybridized carbons (Fsp3) is 0. The predicted octanol–water partition coefficient (Wildman–Crippen LogP) is 6.83. The molecule has 0 unspecified atom stereocenters. The van der Waals surface area contributed by atoms with Crippen molar-refractivity contribution in [3.05, 3.63) is 91.1 Å². The zero-order chi connectivity index (χ0) is 17.8. The van der Waals surface area contributed by atoms with E-state index in [1.54, 1.807) is 0 Å². The molecule has 27 heavy (non-hydrogen) atoms. The molecule has 0 bridgehead atoms. The minimum absolute atomic E-state index is 0.873. The standard InChI is InChI=1S/C25H15NO/c1-2-6-16(7-3-1)19-14-18-12-13-26-24-21-11-10-17-8-4-5-9-20(17)25(21)27-22(15-19)23(18)24/h1-15H. The number of fused-ring (bicyclic) bond motifs is 4. The maximum atomic E-state index is 6.48. The molecule has 0 amide bonds. The summed E-state index contributed by atoms with van der Waals surface area (Å²) >= 11 is 0. The topological polar surface area (TPSA) is 22.1 Å². The monoisotopic (exact) mass is 345 g/mol. The van der Waals surface area contributed by atoms with E-state index in [4.69, 9.17) is 9.72 Å². The van der Waals surface area contributed by atoms with Gasteiger partial charge in [0.2, 0.25) is 0 Å². The zero-order valence-electron chi connectivity index (χ0n) is 14.5. The van der Waals surface area contributed by atoms with E-state index in [0.29, 0.717) is 0 Å². The first-order valence-electron chi connectivity index (χ1n) is 9.07. The quantitative estimate of drug-likeness (QED) is 0.326. The molecule has 0 radical (unpaired) electrons. The Labute approximate surface area is 156 Å². The predicted molar refractivity (Wildman–Crippen MR) is 110 cm³/mol. The third-order valence-corrected chi connectivity index (χ3v) is 5.28. The Morgan fingerprint density at radius 1 is 0.667 bits per heavy atom. The first-order valence-corrected chi connectivity index (χ1v) is 9.07. The molecule has 0 saturated heterocycles. The van der Waals surface area contributed by atoms with Gasteiger partial charge in [0.05, 0.1) is 11.1 Å². The highest BCUT2D eigenvalue weighted by Gasteiger charge is 2.23. The number of aromatic nitrogens is 1. The summed E-state index contributed by atoms with van der Waals surface area (Å²) in [7, 11) is 0. The highest BCUT2D eigenvalue weighted by atomic mass is 16.5. The molecule has 126 valence electrons. The molecule has 2 nitrogen and oxygen atoms in total. The molecule has 0 fully saturated rings. The van der Waals surface area contributed by atoms with Crippen LogP contribution < -0.4 is 4.74 Å². The molecule has 0 N–H and O–H groups in total. The van der Waals surface area contributed by atoms with Crippen LogP contribution in [0, 0.1) is 0 Å². The number of benzene rings is 4. The summed E-state index contributed by atoms with van der Waals surface area (Å²) < 4.78 is 6.48. The third kappa shape index (κ3) is 2.10. The van der Waals surface area contributed by atoms with Crippen LogP contribution >= 0.6 is 0 Å². The van der Waals surface area contributed by atoms with Crippen LogP contribution in [0.3, 0.4) is 0 Å². The number of nitrogens with zero attached hydrogens (tertiary/aromatic N) is 1. The van der Waals surface area contributed by atoms with E-state index < -0.39 is 0 Å². The van der Waals surface area contributed by atoms with E-state index in [0.717, 1.165) is 44.5 Å². The van der Waals surface area contributed by atoms with Gasteiger partial charge < -0.3 is 4.74 Å². The lowest BCUT2D eigenvalue weighted by atomic mass is 9.94. The lowest BCUT2D eigenvalue weighted by Gasteiger charge is -2.22. The van der Waals surface area contributed by atoms with Crippen molar-refractivity contribution in [2.24, 2.45) is 0 Å². The maximum absolute atomic E-state index is 6.48. The van der Waals surface area contributed by atoms with Crippen LogP contribution in [0.1, 0.15) is 0 Å². The number of ether oxygens (including phenoxy) is 1. The van der Waals surface area contributed by atoms with E-state index in [1.165, 1.54) is 10.9 Å². The van der Waals surface area contributed by atoms with Crippen LogP contribution in [0.5, 0.6) is 11.5 Å². The summed E-state index contributed by atoms with van der Waals surface area (Å²) in [4.78, 5) is 4.71. The number of hydrogen-bond acceptors (Lipinski definition) is 2. The minimum atomic E-state index is 0.873. The highest BCUT2D eigenvalue weighted by molar-refractivity contribution is 6.07. The van der Waals surface area contributed by atoms with Gasteiger partial charge in [0, 0.05) is 17.1 Å². The van der Waals surface area contributed by atoms with Crippen molar-refractivity contribution >= 4 is 21.5 Å². The Morgan fingerprint density at radius 3 is 2.44 bits per heavy atom. The molecule has 1 aliphatic rings. The van der Waals surface area contributed by atoms with Crippen molar-refractivity contribution in [2.45, 2.75) is 0 Å². The highest BCUT2D eigenvalue weighted by Crippen LogP contribution is 2.49. The van der Waals surface area contributed by atoms with Crippen LogP contribution in [-0.2, 0) is 0 Å². The van der Waals surface area contributed by atoms with Crippen LogP contribution in [0.2, 0.25) is 0 Å². The van der Waals surface area contributed by atoms with Crippen molar-refractivity contribution in [1.29, 1.82) is 0 Å². The smallest absolute Gasteiger partial charge is 0.144 e. The van der Waals surface area contributed by atoms with Gasteiger partial charge in [0.1, 0.15) is 11.5 Å². The van der Waals surface area contributed by atoms with Crippen LogP contribution in [-0.4, -0.2) is 4.98 Å². The molecule has 6 rings (SSSR count). The Morgan fingerprint density at radius 2 is 1.52 bits per heavy atom. The molecule has 2 heteroatoms. The first kappa shape index (κ1) is 14.5. The maximum Gasteiger partial charge on any atom is 0.144 e. The zero-order valence-corrected chi connectivity index (χ0v) is 14.5. The number of hydrogen-bond donors (Lipinski definition) is 0. The van der Waals surface area contributed by atoms with Gasteiger partial charge in [-0.1, -0.05) is 60.7 Å². The van der Waals surface area contributed by atoms with Crippen LogP contribution in [0.25, 0.3) is 43.9 Å². The Bertz CT molecular complexity index is 1340. The lowest BCUT2D eigenvalue weighted by molar-refractivity contribution is 0.492. The van der Waals surface area contributed by atoms with Gasteiger partial charge in [-0.2, -0.15) is 0 Å². The fourth-order valence-corrected chi connectivity index (χ4v) is 4.01. The van der Waals surface area contributed by atoms with E-state index in [2.05, 4.69) is 78.9 Å². The van der Waals surface area contributed by atoms with Gasteiger partial charge in [-0.25, -0.2) is 0 Å². The third-order valence-electron chi connectivity index (χ3n) is 5.28. The molecule has 0 aliphatic carbocycles. The molecule has 1 aliphatic heterocycles. The molecule has 2 heterocycles. The first-order chi connectivity index (χ1) is 13.4. The van der Waals surface area contributed by atoms with Crippen molar-refractivity contribution in [3.63, 3.8) is 0 Å². The second-order valence-corrected chi connectivity index (χ2v) is 6.86. The van der Waals surface area contributed by atoms with E-state index >= 15 is 0 Å². The second kappa shape index (κ2) is 5.42. The van der Waals surface area contributed by atoms with Crippen molar-refractivity contribution in [1.82, 2.24) is 4.98 Å². The van der Waals surface area contributed by atoms with Gasteiger partial charge in [0.15, 0.2) is 0 Å². The van der Waals surface area contributed by atoms with E-state index in [1.807, 2.05) is 12.3 Å². The molecule has 0 atom stereocenters. The second-order valence-electron chi connectivity index (χ2n) is 6.86. The fourth-order valence-electron chi connectivity index (χ4n) is 4.01. The molecule has 0 spiro atoms. The van der Waals surface area contributed by atoms with Crippen LogP contribution in [0.15, 0.2) is 91.1 Å².